The summed E-state index contributed by atoms with van der Waals surface area (Å²) in [4.78, 5) is 0. The lowest BCUT2D eigenvalue weighted by Crippen LogP contribution is -1.93. The Morgan fingerprint density at radius 3 is 2.85 bits per heavy atom. The molecule has 0 heterocycles. The van der Waals surface area contributed by atoms with E-state index in [0.717, 1.165) is 11.1 Å². The van der Waals surface area contributed by atoms with Gasteiger partial charge in [0.25, 0.3) is 0 Å². The Morgan fingerprint density at radius 2 is 2.23 bits per heavy atom. The Labute approximate surface area is 78.0 Å². The molecule has 0 atom stereocenters. The Hall–Kier alpha value is -1.77. The zero-order valence-corrected chi connectivity index (χ0v) is 7.46. The molecule has 0 spiro atoms. The van der Waals surface area contributed by atoms with Crippen LogP contribution in [-0.2, 0) is 0 Å². The van der Waals surface area contributed by atoms with Crippen molar-refractivity contribution in [2.75, 3.05) is 6.54 Å². The molecule has 64 valence electrons. The third-order valence-electron chi connectivity index (χ3n) is 1.69. The molecule has 1 rings (SSSR count). The molecule has 0 amide bonds. The van der Waals surface area contributed by atoms with Crippen LogP contribution in [0.15, 0.2) is 18.2 Å². The topological polar surface area (TPSA) is 49.8 Å². The standard InChI is InChI=1S/C11H10N2/c1-9-4-5-10(3-2-6-12)7-11(9)8-13/h4-5,7H,6,12H2,1H3. The van der Waals surface area contributed by atoms with Gasteiger partial charge in [0.05, 0.1) is 18.2 Å². The summed E-state index contributed by atoms with van der Waals surface area (Å²) in [5.41, 5.74) is 7.72. The maximum Gasteiger partial charge on any atom is 0.0994 e. The van der Waals surface area contributed by atoms with Gasteiger partial charge in [-0.3, -0.25) is 0 Å². The summed E-state index contributed by atoms with van der Waals surface area (Å²) in [5, 5.41) is 8.75. The van der Waals surface area contributed by atoms with Gasteiger partial charge in [0.15, 0.2) is 0 Å². The molecule has 0 aromatic heterocycles. The quantitative estimate of drug-likeness (QED) is 0.594. The first kappa shape index (κ1) is 9.32. The van der Waals surface area contributed by atoms with Gasteiger partial charge in [-0.25, -0.2) is 0 Å². The van der Waals surface area contributed by atoms with Crippen molar-refractivity contribution in [1.82, 2.24) is 0 Å². The van der Waals surface area contributed by atoms with Crippen LogP contribution in [0.5, 0.6) is 0 Å². The number of hydrogen-bond acceptors (Lipinski definition) is 2. The van der Waals surface area contributed by atoms with Gasteiger partial charge in [0.1, 0.15) is 0 Å². The predicted molar refractivity (Wildman–Crippen MR) is 51.8 cm³/mol. The van der Waals surface area contributed by atoms with Crippen LogP contribution in [0.25, 0.3) is 0 Å². The van der Waals surface area contributed by atoms with Gasteiger partial charge in [0, 0.05) is 5.56 Å². The largest absolute Gasteiger partial charge is 0.320 e. The highest BCUT2D eigenvalue weighted by molar-refractivity contribution is 5.45. The fourth-order valence-corrected chi connectivity index (χ4v) is 0.973. The van der Waals surface area contributed by atoms with Gasteiger partial charge in [-0.2, -0.15) is 5.26 Å². The molecular weight excluding hydrogens is 160 g/mol. The number of benzene rings is 1. The minimum absolute atomic E-state index is 0.343. The molecule has 13 heavy (non-hydrogen) atoms. The van der Waals surface area contributed by atoms with E-state index < -0.39 is 0 Å². The van der Waals surface area contributed by atoms with E-state index in [2.05, 4.69) is 17.9 Å². The lowest BCUT2D eigenvalue weighted by molar-refractivity contribution is 1.30. The average molecular weight is 170 g/mol. The summed E-state index contributed by atoms with van der Waals surface area (Å²) in [6.07, 6.45) is 0. The minimum atomic E-state index is 0.343. The predicted octanol–water partition coefficient (Wildman–Crippen LogP) is 1.18. The molecule has 2 nitrogen and oxygen atoms in total. The van der Waals surface area contributed by atoms with Crippen LogP contribution >= 0.6 is 0 Å². The third-order valence-corrected chi connectivity index (χ3v) is 1.69. The van der Waals surface area contributed by atoms with E-state index in [0.29, 0.717) is 12.1 Å². The molecule has 0 aliphatic heterocycles. The van der Waals surface area contributed by atoms with Gasteiger partial charge >= 0.3 is 0 Å². The van der Waals surface area contributed by atoms with Crippen LogP contribution in [0.4, 0.5) is 0 Å². The smallest absolute Gasteiger partial charge is 0.0994 e. The first-order valence-electron chi connectivity index (χ1n) is 3.97. The zero-order valence-electron chi connectivity index (χ0n) is 7.46. The van der Waals surface area contributed by atoms with Crippen LogP contribution in [-0.4, -0.2) is 6.54 Å². The fourth-order valence-electron chi connectivity index (χ4n) is 0.973. The maximum absolute atomic E-state index is 8.75. The lowest BCUT2D eigenvalue weighted by atomic mass is 10.1. The van der Waals surface area contributed by atoms with Crippen molar-refractivity contribution in [3.8, 4) is 17.9 Å². The second-order valence-corrected chi connectivity index (χ2v) is 2.65. The molecule has 0 aliphatic carbocycles. The van der Waals surface area contributed by atoms with Gasteiger partial charge in [0.2, 0.25) is 0 Å². The van der Waals surface area contributed by atoms with E-state index in [1.165, 1.54) is 0 Å². The van der Waals surface area contributed by atoms with Crippen molar-refractivity contribution in [1.29, 1.82) is 5.26 Å². The molecule has 0 bridgehead atoms. The van der Waals surface area contributed by atoms with Crippen molar-refractivity contribution < 1.29 is 0 Å². The average Bonchev–Trinajstić information content (AvgIpc) is 2.16. The highest BCUT2D eigenvalue weighted by atomic mass is 14.5. The van der Waals surface area contributed by atoms with Gasteiger partial charge in [-0.15, -0.1) is 0 Å². The molecule has 2 N–H and O–H groups in total. The number of hydrogen-bond donors (Lipinski definition) is 1. The lowest BCUT2D eigenvalue weighted by Gasteiger charge is -1.96. The van der Waals surface area contributed by atoms with Crippen molar-refractivity contribution in [3.05, 3.63) is 34.9 Å². The molecule has 0 aliphatic rings. The van der Waals surface area contributed by atoms with E-state index in [4.69, 9.17) is 11.0 Å². The molecular formula is C11H10N2. The van der Waals surface area contributed by atoms with Crippen molar-refractivity contribution in [2.45, 2.75) is 6.92 Å². The fraction of sp³-hybridized carbons (Fsp3) is 0.182. The molecule has 0 saturated heterocycles. The molecule has 2 heteroatoms. The molecule has 0 radical (unpaired) electrons. The molecule has 0 saturated carbocycles. The zero-order chi connectivity index (χ0) is 9.68. The van der Waals surface area contributed by atoms with Gasteiger partial charge in [-0.05, 0) is 24.6 Å². The van der Waals surface area contributed by atoms with E-state index in [1.807, 2.05) is 19.1 Å². The van der Waals surface area contributed by atoms with Crippen molar-refractivity contribution in [3.63, 3.8) is 0 Å². The first-order valence-corrected chi connectivity index (χ1v) is 3.97. The van der Waals surface area contributed by atoms with E-state index >= 15 is 0 Å². The van der Waals surface area contributed by atoms with Crippen molar-refractivity contribution in [2.24, 2.45) is 5.73 Å². The minimum Gasteiger partial charge on any atom is -0.320 e. The number of nitriles is 1. The Morgan fingerprint density at radius 1 is 1.46 bits per heavy atom. The van der Waals surface area contributed by atoms with E-state index in [-0.39, 0.29) is 0 Å². The Kier molecular flexibility index (Phi) is 3.09. The highest BCUT2D eigenvalue weighted by Crippen LogP contribution is 2.08. The van der Waals surface area contributed by atoms with E-state index in [9.17, 15) is 0 Å². The normalized spacial score (nSPS) is 8.38. The number of aryl methyl sites for hydroxylation is 1. The molecule has 0 fully saturated rings. The van der Waals surface area contributed by atoms with Crippen molar-refractivity contribution >= 4 is 0 Å². The van der Waals surface area contributed by atoms with Gasteiger partial charge < -0.3 is 5.73 Å². The van der Waals surface area contributed by atoms with Crippen LogP contribution in [0, 0.1) is 30.1 Å². The first-order chi connectivity index (χ1) is 6.27. The molecule has 1 aromatic carbocycles. The highest BCUT2D eigenvalue weighted by Gasteiger charge is 1.96. The van der Waals surface area contributed by atoms with Crippen LogP contribution in [0.2, 0.25) is 0 Å². The maximum atomic E-state index is 8.75. The summed E-state index contributed by atoms with van der Waals surface area (Å²) in [6, 6.07) is 7.66. The summed E-state index contributed by atoms with van der Waals surface area (Å²) >= 11 is 0. The van der Waals surface area contributed by atoms with Crippen LogP contribution in [0.1, 0.15) is 16.7 Å². The van der Waals surface area contributed by atoms with E-state index in [1.54, 1.807) is 6.07 Å². The summed E-state index contributed by atoms with van der Waals surface area (Å²) in [6.45, 7) is 2.24. The number of rotatable bonds is 0. The molecule has 0 unspecified atom stereocenters. The second-order valence-electron chi connectivity index (χ2n) is 2.65. The molecule has 1 aromatic rings. The van der Waals surface area contributed by atoms with Crippen LogP contribution in [0.3, 0.4) is 0 Å². The van der Waals surface area contributed by atoms with Crippen LogP contribution < -0.4 is 5.73 Å². The Balaban J connectivity index is 3.08. The SMILES string of the molecule is Cc1ccc(C#CCN)cc1C#N. The number of nitrogens with zero attached hydrogens (tertiary/aromatic N) is 1. The summed E-state index contributed by atoms with van der Waals surface area (Å²) in [5.74, 6) is 5.62. The number of nitrogens with two attached hydrogens (primary N) is 1. The summed E-state index contributed by atoms with van der Waals surface area (Å²) < 4.78 is 0. The van der Waals surface area contributed by atoms with Gasteiger partial charge in [-0.1, -0.05) is 17.9 Å². The third kappa shape index (κ3) is 2.33. The Bertz CT molecular complexity index is 402. The summed E-state index contributed by atoms with van der Waals surface area (Å²) in [7, 11) is 0. The monoisotopic (exact) mass is 170 g/mol. The second kappa shape index (κ2) is 4.30.